The molecule has 0 aromatic heterocycles. The minimum atomic E-state index is -0.223. The largest absolute Gasteiger partial charge is 0.325 e. The van der Waals surface area contributed by atoms with E-state index >= 15 is 0 Å². The average molecular weight is 320 g/mol. The normalized spacial score (nSPS) is 13.0. The van der Waals surface area contributed by atoms with E-state index in [1.165, 1.54) is 6.07 Å². The molecule has 2 aromatic carbocycles. The zero-order chi connectivity index (χ0) is 15.1. The molecule has 1 N–H and O–H groups in total. The third-order valence-electron chi connectivity index (χ3n) is 3.40. The van der Waals surface area contributed by atoms with Gasteiger partial charge in [0.2, 0.25) is 5.91 Å². The summed E-state index contributed by atoms with van der Waals surface area (Å²) in [4.78, 5) is 24.3. The number of halogens is 2. The first-order chi connectivity index (χ1) is 9.95. The lowest BCUT2D eigenvalue weighted by molar-refractivity contribution is -0.115. The SMILES string of the molecule is Cc1cc2c(c(C(=O)c3ccc(Cl)cc3Cl)c1)NC(=O)C2. The van der Waals surface area contributed by atoms with Crippen LogP contribution < -0.4 is 5.32 Å². The molecule has 0 aliphatic carbocycles. The molecule has 1 aliphatic rings. The van der Waals surface area contributed by atoms with Crippen molar-refractivity contribution in [3.05, 3.63) is 62.6 Å². The van der Waals surface area contributed by atoms with Crippen molar-refractivity contribution in [1.82, 2.24) is 0 Å². The second kappa shape index (κ2) is 5.17. The molecule has 0 fully saturated rings. The monoisotopic (exact) mass is 319 g/mol. The van der Waals surface area contributed by atoms with Crippen molar-refractivity contribution in [1.29, 1.82) is 0 Å². The van der Waals surface area contributed by atoms with Gasteiger partial charge in [-0.3, -0.25) is 9.59 Å². The third-order valence-corrected chi connectivity index (χ3v) is 3.95. The van der Waals surface area contributed by atoms with E-state index in [1.54, 1.807) is 18.2 Å². The summed E-state index contributed by atoms with van der Waals surface area (Å²) >= 11 is 12.0. The summed E-state index contributed by atoms with van der Waals surface area (Å²) in [6, 6.07) is 8.42. The Bertz CT molecular complexity index is 784. The standard InChI is InChI=1S/C16H11Cl2NO2/c1-8-4-9-6-14(20)19-15(9)12(5-8)16(21)11-3-2-10(17)7-13(11)18/h2-5,7H,6H2,1H3,(H,19,20). The molecule has 21 heavy (non-hydrogen) atoms. The maximum atomic E-state index is 12.7. The van der Waals surface area contributed by atoms with Gasteiger partial charge in [-0.1, -0.05) is 29.3 Å². The van der Waals surface area contributed by atoms with Crippen LogP contribution in [0.4, 0.5) is 5.69 Å². The summed E-state index contributed by atoms with van der Waals surface area (Å²) in [5.41, 5.74) is 3.18. The van der Waals surface area contributed by atoms with E-state index in [2.05, 4.69) is 5.32 Å². The highest BCUT2D eigenvalue weighted by Crippen LogP contribution is 2.32. The molecule has 0 atom stereocenters. The number of anilines is 1. The lowest BCUT2D eigenvalue weighted by Crippen LogP contribution is -2.09. The van der Waals surface area contributed by atoms with Crippen LogP contribution in [-0.2, 0) is 11.2 Å². The van der Waals surface area contributed by atoms with E-state index in [9.17, 15) is 9.59 Å². The van der Waals surface area contributed by atoms with Crippen LogP contribution in [0.3, 0.4) is 0 Å². The molecule has 106 valence electrons. The molecule has 0 bridgehead atoms. The number of hydrogen-bond donors (Lipinski definition) is 1. The van der Waals surface area contributed by atoms with Gasteiger partial charge >= 0.3 is 0 Å². The molecular weight excluding hydrogens is 309 g/mol. The van der Waals surface area contributed by atoms with Crippen LogP contribution in [0.25, 0.3) is 0 Å². The molecule has 0 saturated carbocycles. The predicted octanol–water partition coefficient (Wildman–Crippen LogP) is 4.03. The van der Waals surface area contributed by atoms with Gasteiger partial charge in [0.25, 0.3) is 0 Å². The van der Waals surface area contributed by atoms with Gasteiger partial charge in [-0.25, -0.2) is 0 Å². The number of hydrogen-bond acceptors (Lipinski definition) is 2. The van der Waals surface area contributed by atoms with Gasteiger partial charge < -0.3 is 5.32 Å². The van der Waals surface area contributed by atoms with E-state index in [1.807, 2.05) is 13.0 Å². The highest BCUT2D eigenvalue weighted by molar-refractivity contribution is 6.37. The number of benzene rings is 2. The topological polar surface area (TPSA) is 46.2 Å². The first kappa shape index (κ1) is 14.1. The number of aryl methyl sites for hydroxylation is 1. The van der Waals surface area contributed by atoms with Crippen LogP contribution in [0.15, 0.2) is 30.3 Å². The van der Waals surface area contributed by atoms with Crippen LogP contribution in [0, 0.1) is 6.92 Å². The minimum absolute atomic E-state index is 0.105. The third kappa shape index (κ3) is 2.55. The Kier molecular flexibility index (Phi) is 3.47. The van der Waals surface area contributed by atoms with E-state index in [4.69, 9.17) is 23.2 Å². The van der Waals surface area contributed by atoms with Gasteiger partial charge in [0.05, 0.1) is 17.1 Å². The lowest BCUT2D eigenvalue weighted by Gasteiger charge is -2.10. The zero-order valence-electron chi connectivity index (χ0n) is 11.2. The Morgan fingerprint density at radius 3 is 2.62 bits per heavy atom. The summed E-state index contributed by atoms with van der Waals surface area (Å²) in [6.45, 7) is 1.89. The number of carbonyl (C=O) groups is 2. The summed E-state index contributed by atoms with van der Waals surface area (Å²) in [7, 11) is 0. The minimum Gasteiger partial charge on any atom is -0.325 e. The molecular formula is C16H11Cl2NO2. The summed E-state index contributed by atoms with van der Waals surface area (Å²) < 4.78 is 0. The molecule has 0 radical (unpaired) electrons. The van der Waals surface area contributed by atoms with Gasteiger partial charge in [-0.05, 0) is 42.3 Å². The second-order valence-electron chi connectivity index (χ2n) is 5.02. The number of carbonyl (C=O) groups excluding carboxylic acids is 2. The molecule has 1 aliphatic heterocycles. The van der Waals surface area contributed by atoms with Crippen molar-refractivity contribution in [2.75, 3.05) is 5.32 Å². The van der Waals surface area contributed by atoms with E-state index in [0.717, 1.165) is 11.1 Å². The Morgan fingerprint density at radius 1 is 1.14 bits per heavy atom. The van der Waals surface area contributed by atoms with E-state index < -0.39 is 0 Å². The van der Waals surface area contributed by atoms with Gasteiger partial charge in [0, 0.05) is 16.1 Å². The van der Waals surface area contributed by atoms with E-state index in [0.29, 0.717) is 33.3 Å². The summed E-state index contributed by atoms with van der Waals surface area (Å²) in [6.07, 6.45) is 0.297. The maximum absolute atomic E-state index is 12.7. The fourth-order valence-corrected chi connectivity index (χ4v) is 3.00. The molecule has 3 nitrogen and oxygen atoms in total. The molecule has 2 aromatic rings. The maximum Gasteiger partial charge on any atom is 0.228 e. The van der Waals surface area contributed by atoms with Crippen molar-refractivity contribution in [2.24, 2.45) is 0 Å². The second-order valence-corrected chi connectivity index (χ2v) is 5.87. The van der Waals surface area contributed by atoms with Crippen molar-refractivity contribution in [3.8, 4) is 0 Å². The van der Waals surface area contributed by atoms with Gasteiger partial charge in [-0.2, -0.15) is 0 Å². The Balaban J connectivity index is 2.13. The molecule has 5 heteroatoms. The average Bonchev–Trinajstić information content (AvgIpc) is 2.77. The molecule has 0 spiro atoms. The number of ketones is 1. The number of rotatable bonds is 2. The van der Waals surface area contributed by atoms with Crippen molar-refractivity contribution in [2.45, 2.75) is 13.3 Å². The fraction of sp³-hybridized carbons (Fsp3) is 0.125. The lowest BCUT2D eigenvalue weighted by atomic mass is 9.97. The number of fused-ring (bicyclic) bond motifs is 1. The zero-order valence-corrected chi connectivity index (χ0v) is 12.7. The molecule has 1 amide bonds. The number of amides is 1. The smallest absolute Gasteiger partial charge is 0.228 e. The van der Waals surface area contributed by atoms with Gasteiger partial charge in [0.15, 0.2) is 5.78 Å². The predicted molar refractivity (Wildman–Crippen MR) is 83.4 cm³/mol. The van der Waals surface area contributed by atoms with Crippen LogP contribution in [0.1, 0.15) is 27.0 Å². The molecule has 0 unspecified atom stereocenters. The summed E-state index contributed by atoms with van der Waals surface area (Å²) in [5.74, 6) is -0.328. The highest BCUT2D eigenvalue weighted by Gasteiger charge is 2.25. The molecule has 1 heterocycles. The first-order valence-corrected chi connectivity index (χ1v) is 7.14. The van der Waals surface area contributed by atoms with Crippen LogP contribution in [0.5, 0.6) is 0 Å². The Hall–Kier alpha value is -1.84. The first-order valence-electron chi connectivity index (χ1n) is 6.39. The van der Waals surface area contributed by atoms with Crippen LogP contribution in [0.2, 0.25) is 10.0 Å². The number of nitrogens with one attached hydrogen (secondary N) is 1. The Labute approximate surface area is 131 Å². The van der Waals surface area contributed by atoms with Crippen molar-refractivity contribution >= 4 is 40.6 Å². The van der Waals surface area contributed by atoms with Gasteiger partial charge in [-0.15, -0.1) is 0 Å². The quantitative estimate of drug-likeness (QED) is 0.849. The molecule has 0 saturated heterocycles. The fourth-order valence-electron chi connectivity index (χ4n) is 2.50. The highest BCUT2D eigenvalue weighted by atomic mass is 35.5. The van der Waals surface area contributed by atoms with E-state index in [-0.39, 0.29) is 11.7 Å². The van der Waals surface area contributed by atoms with Crippen molar-refractivity contribution < 1.29 is 9.59 Å². The van der Waals surface area contributed by atoms with Crippen LogP contribution >= 0.6 is 23.2 Å². The van der Waals surface area contributed by atoms with Gasteiger partial charge in [0.1, 0.15) is 0 Å². The Morgan fingerprint density at radius 2 is 1.90 bits per heavy atom. The molecule has 3 rings (SSSR count). The van der Waals surface area contributed by atoms with Crippen molar-refractivity contribution in [3.63, 3.8) is 0 Å². The van der Waals surface area contributed by atoms with Crippen LogP contribution in [-0.4, -0.2) is 11.7 Å². The summed E-state index contributed by atoms with van der Waals surface area (Å²) in [5, 5.41) is 3.52.